The second-order valence-electron chi connectivity index (χ2n) is 7.26. The number of benzene rings is 2. The molecule has 0 saturated carbocycles. The van der Waals surface area contributed by atoms with Crippen molar-refractivity contribution in [2.45, 2.75) is 24.4 Å². The molecule has 0 aliphatic carbocycles. The molecule has 2 amide bonds. The Balaban J connectivity index is 1.50. The lowest BCUT2D eigenvalue weighted by atomic mass is 10.1. The summed E-state index contributed by atoms with van der Waals surface area (Å²) in [6.45, 7) is 5.88. The number of hydrogen-bond donors (Lipinski definition) is 1. The first-order chi connectivity index (χ1) is 13.3. The Bertz CT molecular complexity index is 890. The van der Waals surface area contributed by atoms with E-state index in [4.69, 9.17) is 0 Å². The number of carbonyl (C=O) groups is 1. The van der Waals surface area contributed by atoms with Crippen LogP contribution in [0.25, 0.3) is 0 Å². The van der Waals surface area contributed by atoms with E-state index >= 15 is 0 Å². The topological polar surface area (TPSA) is 69.7 Å². The monoisotopic (exact) mass is 401 g/mol. The van der Waals surface area contributed by atoms with E-state index in [0.29, 0.717) is 13.1 Å². The Morgan fingerprint density at radius 2 is 1.61 bits per heavy atom. The van der Waals surface area contributed by atoms with Gasteiger partial charge in [-0.15, -0.1) is 0 Å². The largest absolute Gasteiger partial charge is 0.331 e. The van der Waals surface area contributed by atoms with Gasteiger partial charge in [-0.05, 0) is 30.2 Å². The molecule has 2 aromatic rings. The number of urea groups is 1. The molecule has 1 aliphatic heterocycles. The van der Waals surface area contributed by atoms with E-state index < -0.39 is 9.84 Å². The summed E-state index contributed by atoms with van der Waals surface area (Å²) in [5.41, 5.74) is 2.16. The molecule has 1 aliphatic rings. The molecule has 0 spiro atoms. The van der Waals surface area contributed by atoms with Gasteiger partial charge in [0.1, 0.15) is 0 Å². The van der Waals surface area contributed by atoms with E-state index in [1.807, 2.05) is 30.0 Å². The number of piperazine rings is 1. The van der Waals surface area contributed by atoms with Crippen molar-refractivity contribution in [1.82, 2.24) is 15.1 Å². The van der Waals surface area contributed by atoms with Crippen LogP contribution in [-0.2, 0) is 16.4 Å². The first-order valence-corrected chi connectivity index (χ1v) is 11.3. The summed E-state index contributed by atoms with van der Waals surface area (Å²) in [5.74, 6) is 0. The zero-order valence-electron chi connectivity index (χ0n) is 16.3. The highest BCUT2D eigenvalue weighted by Gasteiger charge is 2.22. The lowest BCUT2D eigenvalue weighted by molar-refractivity contribution is 0.133. The third-order valence-corrected chi connectivity index (χ3v) is 6.19. The van der Waals surface area contributed by atoms with Gasteiger partial charge in [0, 0.05) is 39.0 Å². The molecule has 28 heavy (non-hydrogen) atoms. The molecule has 1 saturated heterocycles. The molecule has 2 aromatic carbocycles. The quantitative estimate of drug-likeness (QED) is 0.836. The predicted molar refractivity (Wildman–Crippen MR) is 110 cm³/mol. The highest BCUT2D eigenvalue weighted by Crippen LogP contribution is 2.17. The van der Waals surface area contributed by atoms with Gasteiger partial charge >= 0.3 is 6.03 Å². The molecular formula is C21H27N3O3S. The van der Waals surface area contributed by atoms with E-state index in [1.165, 1.54) is 11.8 Å². The number of nitrogens with one attached hydrogen (secondary N) is 1. The van der Waals surface area contributed by atoms with Crippen LogP contribution < -0.4 is 5.32 Å². The fourth-order valence-corrected chi connectivity index (χ4v) is 3.94. The van der Waals surface area contributed by atoms with Gasteiger partial charge in [-0.3, -0.25) is 4.90 Å². The van der Waals surface area contributed by atoms with Gasteiger partial charge in [-0.1, -0.05) is 42.5 Å². The minimum atomic E-state index is -3.21. The van der Waals surface area contributed by atoms with Gasteiger partial charge in [0.2, 0.25) is 0 Å². The molecule has 1 fully saturated rings. The second-order valence-corrected chi connectivity index (χ2v) is 9.28. The van der Waals surface area contributed by atoms with Gasteiger partial charge < -0.3 is 10.2 Å². The summed E-state index contributed by atoms with van der Waals surface area (Å²) in [5, 5.41) is 3.01. The third kappa shape index (κ3) is 5.33. The summed E-state index contributed by atoms with van der Waals surface area (Å²) in [7, 11) is -3.21. The minimum absolute atomic E-state index is 0.0842. The van der Waals surface area contributed by atoms with E-state index in [-0.39, 0.29) is 17.0 Å². The van der Waals surface area contributed by atoms with Crippen LogP contribution >= 0.6 is 0 Å². The van der Waals surface area contributed by atoms with E-state index in [2.05, 4.69) is 22.3 Å². The van der Waals surface area contributed by atoms with Crippen molar-refractivity contribution in [3.63, 3.8) is 0 Å². The highest BCUT2D eigenvalue weighted by molar-refractivity contribution is 7.90. The summed E-state index contributed by atoms with van der Waals surface area (Å²) in [6, 6.07) is 16.7. The normalized spacial score (nSPS) is 16.6. The van der Waals surface area contributed by atoms with Crippen LogP contribution in [0.3, 0.4) is 0 Å². The average Bonchev–Trinajstić information content (AvgIpc) is 2.68. The van der Waals surface area contributed by atoms with Crippen molar-refractivity contribution in [2.24, 2.45) is 0 Å². The molecular weight excluding hydrogens is 374 g/mol. The lowest BCUT2D eigenvalue weighted by Crippen LogP contribution is -2.51. The SMILES string of the molecule is CC(NC(=O)N1CCN(Cc2ccccc2)CC1)c1ccc(S(C)(=O)=O)cc1. The number of carbonyl (C=O) groups excluding carboxylic acids is 1. The van der Waals surface area contributed by atoms with Gasteiger partial charge in [-0.2, -0.15) is 0 Å². The van der Waals surface area contributed by atoms with Crippen LogP contribution in [0.4, 0.5) is 4.79 Å². The number of nitrogens with zero attached hydrogens (tertiary/aromatic N) is 2. The van der Waals surface area contributed by atoms with Crippen molar-refractivity contribution in [1.29, 1.82) is 0 Å². The molecule has 6 nitrogen and oxygen atoms in total. The zero-order chi connectivity index (χ0) is 20.1. The van der Waals surface area contributed by atoms with Crippen molar-refractivity contribution in [2.75, 3.05) is 32.4 Å². The lowest BCUT2D eigenvalue weighted by Gasteiger charge is -2.35. The molecule has 3 rings (SSSR count). The van der Waals surface area contributed by atoms with Gasteiger partial charge in [0.15, 0.2) is 9.84 Å². The van der Waals surface area contributed by atoms with Crippen LogP contribution in [0.2, 0.25) is 0 Å². The Labute approximate surface area is 167 Å². The maximum absolute atomic E-state index is 12.6. The van der Waals surface area contributed by atoms with Crippen LogP contribution in [0.15, 0.2) is 59.5 Å². The summed E-state index contributed by atoms with van der Waals surface area (Å²) >= 11 is 0. The standard InChI is InChI=1S/C21H27N3O3S/c1-17(19-8-10-20(11-9-19)28(2,26)27)22-21(25)24-14-12-23(13-15-24)16-18-6-4-3-5-7-18/h3-11,17H,12-16H2,1-2H3,(H,22,25). The Morgan fingerprint density at radius 1 is 1.00 bits per heavy atom. The van der Waals surface area contributed by atoms with Crippen LogP contribution in [0.5, 0.6) is 0 Å². The fraction of sp³-hybridized carbons (Fsp3) is 0.381. The van der Waals surface area contributed by atoms with Crippen LogP contribution in [0, 0.1) is 0 Å². The fourth-order valence-electron chi connectivity index (χ4n) is 3.31. The molecule has 1 atom stereocenters. The molecule has 1 heterocycles. The molecule has 0 radical (unpaired) electrons. The Hall–Kier alpha value is -2.38. The number of amides is 2. The molecule has 1 unspecified atom stereocenters. The van der Waals surface area contributed by atoms with Crippen LogP contribution in [-0.4, -0.2) is 56.7 Å². The predicted octanol–water partition coefficient (Wildman–Crippen LogP) is 2.68. The molecule has 0 aromatic heterocycles. The van der Waals surface area contributed by atoms with Crippen LogP contribution in [0.1, 0.15) is 24.1 Å². The van der Waals surface area contributed by atoms with Crippen molar-refractivity contribution in [3.05, 3.63) is 65.7 Å². The number of hydrogen-bond acceptors (Lipinski definition) is 4. The molecule has 7 heteroatoms. The summed E-state index contributed by atoms with van der Waals surface area (Å²) in [4.78, 5) is 17.0. The average molecular weight is 402 g/mol. The Morgan fingerprint density at radius 3 is 2.18 bits per heavy atom. The smallest absolute Gasteiger partial charge is 0.317 e. The van der Waals surface area contributed by atoms with Gasteiger partial charge in [0.25, 0.3) is 0 Å². The van der Waals surface area contributed by atoms with E-state index in [0.717, 1.165) is 25.2 Å². The van der Waals surface area contributed by atoms with E-state index in [9.17, 15) is 13.2 Å². The summed E-state index contributed by atoms with van der Waals surface area (Å²) < 4.78 is 23.1. The number of sulfone groups is 1. The second kappa shape index (κ2) is 8.75. The Kier molecular flexibility index (Phi) is 6.36. The molecule has 1 N–H and O–H groups in total. The van der Waals surface area contributed by atoms with E-state index in [1.54, 1.807) is 24.3 Å². The highest BCUT2D eigenvalue weighted by atomic mass is 32.2. The maximum atomic E-state index is 12.6. The number of rotatable bonds is 5. The summed E-state index contributed by atoms with van der Waals surface area (Å²) in [6.07, 6.45) is 1.19. The van der Waals surface area contributed by atoms with Gasteiger partial charge in [0.05, 0.1) is 10.9 Å². The first kappa shape index (κ1) is 20.4. The maximum Gasteiger partial charge on any atom is 0.317 e. The third-order valence-electron chi connectivity index (χ3n) is 5.06. The van der Waals surface area contributed by atoms with Crippen molar-refractivity contribution >= 4 is 15.9 Å². The van der Waals surface area contributed by atoms with Crippen molar-refractivity contribution < 1.29 is 13.2 Å². The minimum Gasteiger partial charge on any atom is -0.331 e. The molecule has 0 bridgehead atoms. The molecule has 150 valence electrons. The zero-order valence-corrected chi connectivity index (χ0v) is 17.2. The van der Waals surface area contributed by atoms with Crippen molar-refractivity contribution in [3.8, 4) is 0 Å². The first-order valence-electron chi connectivity index (χ1n) is 9.44. The van der Waals surface area contributed by atoms with Gasteiger partial charge in [-0.25, -0.2) is 13.2 Å².